The first-order valence-corrected chi connectivity index (χ1v) is 7.52. The van der Waals surface area contributed by atoms with Gasteiger partial charge in [0.25, 0.3) is 0 Å². The Bertz CT molecular complexity index is 241. The molecule has 0 aromatic rings. The zero-order valence-electron chi connectivity index (χ0n) is 13.7. The number of nitrogens with two attached hydrogens (primary N) is 1. The van der Waals surface area contributed by atoms with E-state index < -0.39 is 0 Å². The van der Waals surface area contributed by atoms with E-state index in [1.807, 2.05) is 13.8 Å². The van der Waals surface area contributed by atoms with E-state index in [-0.39, 0.29) is 19.1 Å². The molecule has 8 heteroatoms. The van der Waals surface area contributed by atoms with Crippen molar-refractivity contribution in [2.24, 2.45) is 5.73 Å². The second kappa shape index (κ2) is 22.2. The largest absolute Gasteiger partial charge is 0.378 e. The van der Waals surface area contributed by atoms with Crippen LogP contribution in [0.2, 0.25) is 0 Å². The number of aldehydes is 1. The molecule has 0 rings (SSSR count). The molecule has 0 saturated heterocycles. The van der Waals surface area contributed by atoms with Gasteiger partial charge in [0.15, 0.2) is 0 Å². The van der Waals surface area contributed by atoms with E-state index in [9.17, 15) is 9.59 Å². The van der Waals surface area contributed by atoms with Crippen molar-refractivity contribution >= 4 is 12.2 Å². The Hall–Kier alpha value is -1.06. The van der Waals surface area contributed by atoms with Crippen molar-refractivity contribution in [1.82, 2.24) is 5.32 Å². The molecule has 22 heavy (non-hydrogen) atoms. The summed E-state index contributed by atoms with van der Waals surface area (Å²) in [6.45, 7) is 7.35. The number of hydrogen-bond donors (Lipinski definition) is 2. The average molecular weight is 322 g/mol. The van der Waals surface area contributed by atoms with Gasteiger partial charge < -0.3 is 34.8 Å². The van der Waals surface area contributed by atoms with Crippen LogP contribution in [0, 0.1) is 0 Å². The number of rotatable bonds is 15. The highest BCUT2D eigenvalue weighted by Gasteiger charge is 2.00. The third-order valence-corrected chi connectivity index (χ3v) is 1.99. The molecule has 0 bridgehead atoms. The molecule has 0 aromatic heterocycles. The van der Waals surface area contributed by atoms with Gasteiger partial charge in [-0.3, -0.25) is 4.79 Å². The fourth-order valence-electron chi connectivity index (χ4n) is 1.13. The van der Waals surface area contributed by atoms with Gasteiger partial charge in [0.2, 0.25) is 5.91 Å². The summed E-state index contributed by atoms with van der Waals surface area (Å²) in [7, 11) is 0. The van der Waals surface area contributed by atoms with Gasteiger partial charge in [0.1, 0.15) is 19.5 Å². The molecule has 0 radical (unpaired) electrons. The van der Waals surface area contributed by atoms with Gasteiger partial charge in [-0.2, -0.15) is 0 Å². The van der Waals surface area contributed by atoms with Crippen LogP contribution in [0.5, 0.6) is 0 Å². The van der Waals surface area contributed by atoms with Crippen molar-refractivity contribution in [2.75, 3.05) is 65.9 Å². The molecule has 0 aliphatic carbocycles. The van der Waals surface area contributed by atoms with Crippen molar-refractivity contribution in [1.29, 1.82) is 0 Å². The summed E-state index contributed by atoms with van der Waals surface area (Å²) in [6.07, 6.45) is 0.682. The van der Waals surface area contributed by atoms with Gasteiger partial charge in [-0.25, -0.2) is 0 Å². The van der Waals surface area contributed by atoms with E-state index in [4.69, 9.17) is 24.7 Å². The van der Waals surface area contributed by atoms with Crippen LogP contribution in [-0.4, -0.2) is 78.1 Å². The molecule has 0 aromatic carbocycles. The quantitative estimate of drug-likeness (QED) is 0.305. The summed E-state index contributed by atoms with van der Waals surface area (Å²) in [6, 6.07) is 0. The third kappa shape index (κ3) is 21.2. The lowest BCUT2D eigenvalue weighted by Crippen LogP contribution is -2.31. The lowest BCUT2D eigenvalue weighted by molar-refractivity contribution is -0.126. The van der Waals surface area contributed by atoms with Crippen molar-refractivity contribution in [3.8, 4) is 0 Å². The molecule has 0 heterocycles. The lowest BCUT2D eigenvalue weighted by Gasteiger charge is -2.07. The third-order valence-electron chi connectivity index (χ3n) is 1.99. The van der Waals surface area contributed by atoms with E-state index in [1.165, 1.54) is 0 Å². The summed E-state index contributed by atoms with van der Waals surface area (Å²) in [5.74, 6) is -0.204. The Labute approximate surface area is 132 Å². The van der Waals surface area contributed by atoms with Crippen LogP contribution < -0.4 is 11.1 Å². The van der Waals surface area contributed by atoms with Gasteiger partial charge in [-0.15, -0.1) is 0 Å². The van der Waals surface area contributed by atoms with Gasteiger partial charge in [-0.05, 0) is 0 Å². The molecule has 8 nitrogen and oxygen atoms in total. The maximum atomic E-state index is 11.3. The van der Waals surface area contributed by atoms with Crippen LogP contribution in [0.15, 0.2) is 0 Å². The molecule has 3 N–H and O–H groups in total. The standard InChI is InChI=1S/C12H24N2O6.C2H6/c13-1-4-17-9-10-20-11-12(16)14-2-5-18-7-8-19-6-3-15;1-2/h3H,1-2,4-11,13H2,(H,14,16);1-2H3. The van der Waals surface area contributed by atoms with Crippen molar-refractivity contribution in [3.63, 3.8) is 0 Å². The van der Waals surface area contributed by atoms with Crippen LogP contribution >= 0.6 is 0 Å². The number of hydrogen-bond acceptors (Lipinski definition) is 7. The molecule has 0 atom stereocenters. The normalized spacial score (nSPS) is 9.77. The number of nitrogens with one attached hydrogen (secondary N) is 1. The SMILES string of the molecule is CC.NCCOCCOCC(=O)NCCOCCOCC=O. The zero-order valence-corrected chi connectivity index (χ0v) is 13.7. The highest BCUT2D eigenvalue weighted by molar-refractivity contribution is 5.77. The Morgan fingerprint density at radius 3 is 2.18 bits per heavy atom. The van der Waals surface area contributed by atoms with Crippen LogP contribution in [-0.2, 0) is 28.5 Å². The first-order chi connectivity index (χ1) is 10.8. The summed E-state index contributed by atoms with van der Waals surface area (Å²) in [5, 5.41) is 2.64. The fraction of sp³-hybridized carbons (Fsp3) is 0.857. The van der Waals surface area contributed by atoms with Crippen molar-refractivity contribution < 1.29 is 28.5 Å². The summed E-state index contributed by atoms with van der Waals surface area (Å²) in [4.78, 5) is 21.2. The summed E-state index contributed by atoms with van der Waals surface area (Å²) < 4.78 is 20.2. The predicted octanol–water partition coefficient (Wildman–Crippen LogP) is -0.647. The second-order valence-corrected chi connectivity index (χ2v) is 3.66. The first-order valence-electron chi connectivity index (χ1n) is 7.52. The Balaban J connectivity index is 0. The Morgan fingerprint density at radius 1 is 0.955 bits per heavy atom. The number of ether oxygens (including phenoxy) is 4. The molecule has 0 aliphatic heterocycles. The smallest absolute Gasteiger partial charge is 0.246 e. The molecule has 0 spiro atoms. The van der Waals surface area contributed by atoms with Gasteiger partial charge in [-0.1, -0.05) is 13.8 Å². The minimum absolute atomic E-state index is 0.00552. The zero-order chi connectivity index (χ0) is 16.9. The van der Waals surface area contributed by atoms with E-state index >= 15 is 0 Å². The monoisotopic (exact) mass is 322 g/mol. The van der Waals surface area contributed by atoms with E-state index in [2.05, 4.69) is 5.32 Å². The first kappa shape index (κ1) is 23.2. The van der Waals surface area contributed by atoms with Gasteiger partial charge in [0.05, 0.1) is 39.6 Å². The van der Waals surface area contributed by atoms with Gasteiger partial charge in [0, 0.05) is 13.1 Å². The lowest BCUT2D eigenvalue weighted by atomic mass is 10.6. The Morgan fingerprint density at radius 2 is 1.55 bits per heavy atom. The van der Waals surface area contributed by atoms with Gasteiger partial charge >= 0.3 is 0 Å². The molecule has 0 aliphatic rings. The topological polar surface area (TPSA) is 109 Å². The molecule has 0 fully saturated rings. The minimum atomic E-state index is -0.204. The molecule has 1 amide bonds. The minimum Gasteiger partial charge on any atom is -0.378 e. The van der Waals surface area contributed by atoms with Crippen LogP contribution in [0.4, 0.5) is 0 Å². The van der Waals surface area contributed by atoms with E-state index in [0.717, 1.165) is 0 Å². The molecule has 0 saturated carbocycles. The number of amides is 1. The van der Waals surface area contributed by atoms with Crippen molar-refractivity contribution in [3.05, 3.63) is 0 Å². The Kier molecular flexibility index (Phi) is 23.4. The van der Waals surface area contributed by atoms with Crippen LogP contribution in [0.1, 0.15) is 13.8 Å². The predicted molar refractivity (Wildman–Crippen MR) is 82.8 cm³/mol. The molecule has 132 valence electrons. The van der Waals surface area contributed by atoms with Crippen LogP contribution in [0.25, 0.3) is 0 Å². The molecule has 0 unspecified atom stereocenters. The highest BCUT2D eigenvalue weighted by atomic mass is 16.5. The number of carbonyl (C=O) groups is 2. The number of carbonyl (C=O) groups excluding carboxylic acids is 2. The maximum Gasteiger partial charge on any atom is 0.246 e. The summed E-state index contributed by atoms with van der Waals surface area (Å²) in [5.41, 5.74) is 5.24. The van der Waals surface area contributed by atoms with E-state index in [0.29, 0.717) is 59.0 Å². The summed E-state index contributed by atoms with van der Waals surface area (Å²) >= 11 is 0. The molecular formula is C14H30N2O6. The van der Waals surface area contributed by atoms with Crippen molar-refractivity contribution in [2.45, 2.75) is 13.8 Å². The van der Waals surface area contributed by atoms with E-state index in [1.54, 1.807) is 0 Å². The van der Waals surface area contributed by atoms with Crippen LogP contribution in [0.3, 0.4) is 0 Å². The highest BCUT2D eigenvalue weighted by Crippen LogP contribution is 1.80. The maximum absolute atomic E-state index is 11.3. The average Bonchev–Trinajstić information content (AvgIpc) is 2.55. The molecular weight excluding hydrogens is 292 g/mol. The fourth-order valence-corrected chi connectivity index (χ4v) is 1.13. The second-order valence-electron chi connectivity index (χ2n) is 3.66.